The molecule has 8 fully saturated rings. The van der Waals surface area contributed by atoms with E-state index >= 15 is 0 Å². The van der Waals surface area contributed by atoms with Gasteiger partial charge in [0.25, 0.3) is 0 Å². The Bertz CT molecular complexity index is 1440. The predicted octanol–water partition coefficient (Wildman–Crippen LogP) is 1.74. The first-order valence-electron chi connectivity index (χ1n) is 14.5. The number of rotatable bonds is 5. The van der Waals surface area contributed by atoms with E-state index in [1.165, 1.54) is 13.8 Å². The van der Waals surface area contributed by atoms with Crippen LogP contribution in [-0.4, -0.2) is 83.5 Å². The van der Waals surface area contributed by atoms with Crippen molar-refractivity contribution in [3.63, 3.8) is 0 Å². The summed E-state index contributed by atoms with van der Waals surface area (Å²) in [7, 11) is 1.85. The van der Waals surface area contributed by atoms with E-state index in [9.17, 15) is 29.1 Å². The Morgan fingerprint density at radius 1 is 1.05 bits per heavy atom. The van der Waals surface area contributed by atoms with E-state index in [4.69, 9.17) is 14.2 Å². The molecular formula is C32H35NO9. The number of Topliss-reactive ketones (excluding diaryl/α,β-unsaturated/α-hetero) is 1. The summed E-state index contributed by atoms with van der Waals surface area (Å²) in [5.74, 6) is -4.66. The van der Waals surface area contributed by atoms with Gasteiger partial charge in [-0.2, -0.15) is 0 Å². The Kier molecular flexibility index (Phi) is 5.62. The Hall–Kier alpha value is -3.37. The maximum atomic E-state index is 14.2. The van der Waals surface area contributed by atoms with Gasteiger partial charge in [0.2, 0.25) is 0 Å². The Morgan fingerprint density at radius 3 is 2.31 bits per heavy atom. The molecule has 13 atom stereocenters. The van der Waals surface area contributed by atoms with Gasteiger partial charge < -0.3 is 24.1 Å². The van der Waals surface area contributed by atoms with Crippen LogP contribution in [0.4, 0.5) is 0 Å². The van der Waals surface area contributed by atoms with Gasteiger partial charge >= 0.3 is 17.9 Å². The Morgan fingerprint density at radius 2 is 1.69 bits per heavy atom. The van der Waals surface area contributed by atoms with Crippen LogP contribution in [-0.2, 0) is 33.4 Å². The average molecular weight is 578 g/mol. The van der Waals surface area contributed by atoms with Gasteiger partial charge in [0.15, 0.2) is 0 Å². The Labute approximate surface area is 243 Å². The lowest BCUT2D eigenvalue weighted by atomic mass is 9.38. The molecule has 2 heterocycles. The summed E-state index contributed by atoms with van der Waals surface area (Å²) in [6, 6.07) is 7.37. The monoisotopic (exact) mass is 577 g/mol. The van der Waals surface area contributed by atoms with Crippen molar-refractivity contribution in [2.24, 2.45) is 39.9 Å². The highest BCUT2D eigenvalue weighted by molar-refractivity contribution is 5.93. The van der Waals surface area contributed by atoms with Gasteiger partial charge in [-0.05, 0) is 25.6 Å². The van der Waals surface area contributed by atoms with E-state index in [1.54, 1.807) is 37.3 Å². The highest BCUT2D eigenvalue weighted by atomic mass is 16.6. The molecule has 0 aromatic heterocycles. The maximum Gasteiger partial charge on any atom is 0.338 e. The highest BCUT2D eigenvalue weighted by Gasteiger charge is 2.93. The van der Waals surface area contributed by atoms with Crippen molar-refractivity contribution in [1.29, 1.82) is 0 Å². The van der Waals surface area contributed by atoms with Crippen LogP contribution in [0.2, 0.25) is 0 Å². The number of esters is 3. The average Bonchev–Trinajstić information content (AvgIpc) is 3.25. The second-order valence-electron chi connectivity index (χ2n) is 13.5. The van der Waals surface area contributed by atoms with Gasteiger partial charge in [-0.15, -0.1) is 0 Å². The SMILES string of the molecule is C=C1C[C@@]23[C@H](OC(C)=O)[C@H]4[C@H]5[C@@]6([C@H](OC(C)=O)[C@@H](OC(=O)c7ccccc7)C[C@@]5(C)C=O)[C@@H]2[C@H](O)[C@@H]1C(=O)[C@@H]3[C@H]6N4C. The third kappa shape index (κ3) is 2.95. The second-order valence-corrected chi connectivity index (χ2v) is 13.5. The molecule has 1 aromatic carbocycles. The van der Waals surface area contributed by atoms with E-state index in [1.807, 2.05) is 11.9 Å². The summed E-state index contributed by atoms with van der Waals surface area (Å²) in [4.78, 5) is 68.2. The van der Waals surface area contributed by atoms with Gasteiger partial charge in [-0.25, -0.2) is 4.79 Å². The first kappa shape index (κ1) is 27.5. The van der Waals surface area contributed by atoms with E-state index in [-0.39, 0.29) is 12.2 Å². The van der Waals surface area contributed by atoms with Gasteiger partial charge in [0.1, 0.15) is 30.4 Å². The van der Waals surface area contributed by atoms with Crippen molar-refractivity contribution < 1.29 is 43.3 Å². The number of likely N-dealkylation sites (N-methyl/N-ethyl adjacent to an activating group) is 1. The number of hydrogen-bond donors (Lipinski definition) is 1. The molecule has 6 aliphatic carbocycles. The quantitative estimate of drug-likeness (QED) is 0.238. The van der Waals surface area contributed by atoms with E-state index in [0.717, 1.165) is 6.29 Å². The van der Waals surface area contributed by atoms with Crippen LogP contribution in [0.25, 0.3) is 0 Å². The summed E-state index contributed by atoms with van der Waals surface area (Å²) >= 11 is 0. The van der Waals surface area contributed by atoms with Crippen molar-refractivity contribution in [3.05, 3.63) is 48.0 Å². The van der Waals surface area contributed by atoms with Gasteiger partial charge in [-0.1, -0.05) is 37.3 Å². The fourth-order valence-electron chi connectivity index (χ4n) is 11.2. The molecule has 0 amide bonds. The number of ketones is 1. The number of hydrogen-bond acceptors (Lipinski definition) is 10. The summed E-state index contributed by atoms with van der Waals surface area (Å²) in [6.07, 6.45) is -2.83. The highest BCUT2D eigenvalue weighted by Crippen LogP contribution is 2.84. The minimum atomic E-state index is -1.20. The number of carbonyl (C=O) groups excluding carboxylic acids is 5. The molecule has 7 bridgehead atoms. The molecule has 8 aliphatic rings. The summed E-state index contributed by atoms with van der Waals surface area (Å²) in [5, 5.41) is 12.1. The number of nitrogens with zero attached hydrogens (tertiary/aromatic N) is 1. The fraction of sp³-hybridized carbons (Fsp3) is 0.594. The van der Waals surface area contributed by atoms with Crippen LogP contribution < -0.4 is 0 Å². The lowest BCUT2D eigenvalue weighted by Gasteiger charge is -2.68. The third-order valence-electron chi connectivity index (χ3n) is 11.7. The Balaban J connectivity index is 1.48. The largest absolute Gasteiger partial charge is 0.460 e. The summed E-state index contributed by atoms with van der Waals surface area (Å²) in [6.45, 7) is 8.55. The second kappa shape index (κ2) is 8.60. The van der Waals surface area contributed by atoms with Gasteiger partial charge in [0, 0.05) is 60.3 Å². The minimum Gasteiger partial charge on any atom is -0.460 e. The lowest BCUT2D eigenvalue weighted by molar-refractivity contribution is -0.268. The molecule has 1 N–H and O–H groups in total. The maximum absolute atomic E-state index is 14.2. The van der Waals surface area contributed by atoms with Gasteiger partial charge in [0.05, 0.1) is 23.6 Å². The topological polar surface area (TPSA) is 137 Å². The minimum absolute atomic E-state index is 0.0495. The van der Waals surface area contributed by atoms with E-state index in [2.05, 4.69) is 6.58 Å². The number of piperidine rings is 1. The van der Waals surface area contributed by atoms with Crippen LogP contribution in [0.15, 0.2) is 42.5 Å². The van der Waals surface area contributed by atoms with Crippen LogP contribution >= 0.6 is 0 Å². The molecule has 10 heteroatoms. The molecule has 2 aliphatic heterocycles. The molecule has 2 saturated heterocycles. The van der Waals surface area contributed by atoms with Crippen LogP contribution in [0.1, 0.15) is 44.0 Å². The number of benzene rings is 1. The standard InChI is InChI=1S/C32H35NO9/c1-14-11-31-20-22(37)19(14)23(38)25(31)32-24(21(33(5)26(20)32)28(31)41-16(3)36)30(4,13-34)12-18(27(32)40-15(2)35)42-29(39)17-9-7-6-8-10-17/h6-10,13,18-21,23-28,38H,1,11-12H2,2-5H3/t18-,19-,20+,21+,23+,24+,25+,26+,27+,28+,30-,31-,32+/m0/s1. The molecule has 9 rings (SSSR count). The number of fused-ring (bicyclic) bond motifs is 1. The van der Waals surface area contributed by atoms with Crippen molar-refractivity contribution in [1.82, 2.24) is 4.90 Å². The van der Waals surface area contributed by atoms with E-state index in [0.29, 0.717) is 17.6 Å². The van der Waals surface area contributed by atoms with Crippen molar-refractivity contribution >= 4 is 30.0 Å². The molecule has 1 aromatic rings. The van der Waals surface area contributed by atoms with Crippen molar-refractivity contribution in [2.45, 2.75) is 70.1 Å². The van der Waals surface area contributed by atoms with E-state index < -0.39 is 94.3 Å². The van der Waals surface area contributed by atoms with Crippen LogP contribution in [0.3, 0.4) is 0 Å². The smallest absolute Gasteiger partial charge is 0.338 e. The van der Waals surface area contributed by atoms with Gasteiger partial charge in [-0.3, -0.25) is 19.3 Å². The third-order valence-corrected chi connectivity index (χ3v) is 11.7. The van der Waals surface area contributed by atoms with Crippen LogP contribution in [0, 0.1) is 39.9 Å². The molecule has 6 saturated carbocycles. The number of carbonyl (C=O) groups is 5. The normalized spacial score (nSPS) is 47.6. The predicted molar refractivity (Wildman–Crippen MR) is 144 cm³/mol. The molecule has 0 radical (unpaired) electrons. The number of ether oxygens (including phenoxy) is 3. The molecule has 222 valence electrons. The van der Waals surface area contributed by atoms with Crippen molar-refractivity contribution in [3.8, 4) is 0 Å². The van der Waals surface area contributed by atoms with Crippen molar-refractivity contribution in [2.75, 3.05) is 7.05 Å². The fourth-order valence-corrected chi connectivity index (χ4v) is 11.2. The first-order valence-corrected chi connectivity index (χ1v) is 14.5. The molecular weight excluding hydrogens is 542 g/mol. The molecule has 42 heavy (non-hydrogen) atoms. The number of aliphatic hydroxyl groups is 1. The summed E-state index contributed by atoms with van der Waals surface area (Å²) < 4.78 is 18.4. The zero-order valence-corrected chi connectivity index (χ0v) is 24.0. The molecule has 0 unspecified atom stereocenters. The lowest BCUT2D eigenvalue weighted by Crippen LogP contribution is -2.77. The first-order chi connectivity index (χ1) is 19.9. The zero-order valence-electron chi connectivity index (χ0n) is 24.0. The zero-order chi connectivity index (χ0) is 30.1. The number of aliphatic hydroxyl groups excluding tert-OH is 1. The molecule has 2 spiro atoms. The summed E-state index contributed by atoms with van der Waals surface area (Å²) in [5.41, 5.74) is -2.38. The molecule has 10 nitrogen and oxygen atoms in total. The number of aldehydes is 1. The van der Waals surface area contributed by atoms with Crippen LogP contribution in [0.5, 0.6) is 0 Å².